The maximum atomic E-state index is 12.8. The van der Waals surface area contributed by atoms with Crippen LogP contribution in [0.3, 0.4) is 0 Å². The fourth-order valence-corrected chi connectivity index (χ4v) is 2.56. The molecule has 1 saturated heterocycles. The van der Waals surface area contributed by atoms with E-state index in [-0.39, 0.29) is 11.7 Å². The van der Waals surface area contributed by atoms with Crippen LogP contribution in [0.1, 0.15) is 18.4 Å². The summed E-state index contributed by atoms with van der Waals surface area (Å²) in [4.78, 5) is 14.1. The number of hydrogen-bond donors (Lipinski definition) is 0. The van der Waals surface area contributed by atoms with E-state index in [1.54, 1.807) is 18.2 Å². The van der Waals surface area contributed by atoms with Crippen LogP contribution in [0.25, 0.3) is 0 Å². The third-order valence-electron chi connectivity index (χ3n) is 3.83. The molecule has 0 aliphatic carbocycles. The number of likely N-dealkylation sites (tertiary alicyclic amines) is 1. The Labute approximate surface area is 125 Å². The molecule has 1 heterocycles. The van der Waals surface area contributed by atoms with Gasteiger partial charge in [0.05, 0.1) is 13.0 Å². The van der Waals surface area contributed by atoms with Gasteiger partial charge in [0, 0.05) is 19.7 Å². The average molecular weight is 291 g/mol. The van der Waals surface area contributed by atoms with Gasteiger partial charge in [0.2, 0.25) is 5.91 Å². The molecule has 0 radical (unpaired) electrons. The number of amides is 1. The Hall–Kier alpha value is -1.68. The zero-order valence-electron chi connectivity index (χ0n) is 12.3. The number of halogens is 1. The molecule has 1 aliphatic rings. The van der Waals surface area contributed by atoms with E-state index in [1.807, 2.05) is 4.90 Å². The molecule has 0 saturated carbocycles. The maximum absolute atomic E-state index is 12.8. The van der Waals surface area contributed by atoms with E-state index in [1.165, 1.54) is 12.1 Å². The predicted molar refractivity (Wildman–Crippen MR) is 80.4 cm³/mol. The highest BCUT2D eigenvalue weighted by Crippen LogP contribution is 2.18. The van der Waals surface area contributed by atoms with Crippen molar-refractivity contribution >= 4 is 5.91 Å². The quantitative estimate of drug-likeness (QED) is 0.596. The second kappa shape index (κ2) is 7.93. The van der Waals surface area contributed by atoms with Crippen molar-refractivity contribution < 1.29 is 13.9 Å². The van der Waals surface area contributed by atoms with Crippen LogP contribution < -0.4 is 0 Å². The summed E-state index contributed by atoms with van der Waals surface area (Å²) in [6.07, 6.45) is 4.05. The smallest absolute Gasteiger partial charge is 0.226 e. The van der Waals surface area contributed by atoms with Crippen LogP contribution in [-0.2, 0) is 16.0 Å². The van der Waals surface area contributed by atoms with Crippen molar-refractivity contribution in [2.45, 2.75) is 19.3 Å². The van der Waals surface area contributed by atoms with Crippen LogP contribution in [0.2, 0.25) is 0 Å². The van der Waals surface area contributed by atoms with Crippen molar-refractivity contribution in [2.24, 2.45) is 5.92 Å². The second-order valence-corrected chi connectivity index (χ2v) is 5.45. The summed E-state index contributed by atoms with van der Waals surface area (Å²) in [5, 5.41) is 0. The number of benzene rings is 1. The van der Waals surface area contributed by atoms with Gasteiger partial charge >= 0.3 is 0 Å². The lowest BCUT2D eigenvalue weighted by molar-refractivity contribution is -0.132. The minimum atomic E-state index is -0.272. The van der Waals surface area contributed by atoms with E-state index in [4.69, 9.17) is 4.74 Å². The molecule has 0 N–H and O–H groups in total. The summed E-state index contributed by atoms with van der Waals surface area (Å²) in [6, 6.07) is 6.13. The summed E-state index contributed by atoms with van der Waals surface area (Å²) in [6.45, 7) is 6.51. The van der Waals surface area contributed by atoms with Crippen LogP contribution >= 0.6 is 0 Å². The highest BCUT2D eigenvalue weighted by atomic mass is 19.1. The highest BCUT2D eigenvalue weighted by Gasteiger charge is 2.22. The SMILES string of the molecule is C=CCOCC1CCN(C(=O)Cc2ccc(F)cc2)CC1. The first-order chi connectivity index (χ1) is 10.2. The van der Waals surface area contributed by atoms with Gasteiger partial charge in [0.1, 0.15) is 5.82 Å². The molecule has 4 heteroatoms. The van der Waals surface area contributed by atoms with Gasteiger partial charge < -0.3 is 9.64 Å². The predicted octanol–water partition coefficient (Wildman–Crippen LogP) is 2.81. The van der Waals surface area contributed by atoms with E-state index in [2.05, 4.69) is 6.58 Å². The van der Waals surface area contributed by atoms with E-state index >= 15 is 0 Å². The van der Waals surface area contributed by atoms with Crippen LogP contribution in [0, 0.1) is 11.7 Å². The van der Waals surface area contributed by atoms with Crippen LogP contribution in [-0.4, -0.2) is 37.1 Å². The fourth-order valence-electron chi connectivity index (χ4n) is 2.56. The molecule has 1 aromatic rings. The number of piperidine rings is 1. The summed E-state index contributed by atoms with van der Waals surface area (Å²) < 4.78 is 18.3. The average Bonchev–Trinajstić information content (AvgIpc) is 2.50. The number of carbonyl (C=O) groups excluding carboxylic acids is 1. The molecule has 114 valence electrons. The summed E-state index contributed by atoms with van der Waals surface area (Å²) in [5.41, 5.74) is 0.859. The van der Waals surface area contributed by atoms with E-state index in [9.17, 15) is 9.18 Å². The van der Waals surface area contributed by atoms with E-state index < -0.39 is 0 Å². The lowest BCUT2D eigenvalue weighted by Crippen LogP contribution is -2.40. The van der Waals surface area contributed by atoms with Crippen LogP contribution in [0.4, 0.5) is 4.39 Å². The van der Waals surface area contributed by atoms with Gasteiger partial charge in [-0.05, 0) is 36.5 Å². The highest BCUT2D eigenvalue weighted by molar-refractivity contribution is 5.78. The lowest BCUT2D eigenvalue weighted by atomic mass is 9.97. The Bertz CT molecular complexity index is 464. The Morgan fingerprint density at radius 1 is 1.33 bits per heavy atom. The first-order valence-electron chi connectivity index (χ1n) is 7.40. The van der Waals surface area contributed by atoms with Gasteiger partial charge in [-0.15, -0.1) is 6.58 Å². The van der Waals surface area contributed by atoms with Gasteiger partial charge in [-0.2, -0.15) is 0 Å². The van der Waals surface area contributed by atoms with Gasteiger partial charge in [0.15, 0.2) is 0 Å². The number of rotatable bonds is 6. The van der Waals surface area contributed by atoms with Crippen molar-refractivity contribution in [1.82, 2.24) is 4.90 Å². The van der Waals surface area contributed by atoms with Crippen LogP contribution in [0.15, 0.2) is 36.9 Å². The summed E-state index contributed by atoms with van der Waals surface area (Å²) in [7, 11) is 0. The van der Waals surface area contributed by atoms with Crippen molar-refractivity contribution in [3.63, 3.8) is 0 Å². The molecule has 21 heavy (non-hydrogen) atoms. The normalized spacial score (nSPS) is 16.0. The number of carbonyl (C=O) groups is 1. The lowest BCUT2D eigenvalue weighted by Gasteiger charge is -2.32. The molecule has 1 aliphatic heterocycles. The zero-order valence-corrected chi connectivity index (χ0v) is 12.3. The molecule has 1 fully saturated rings. The zero-order chi connectivity index (χ0) is 15.1. The third-order valence-corrected chi connectivity index (χ3v) is 3.83. The molecule has 0 bridgehead atoms. The van der Waals surface area contributed by atoms with Crippen molar-refractivity contribution in [3.8, 4) is 0 Å². The monoisotopic (exact) mass is 291 g/mol. The van der Waals surface area contributed by atoms with Gasteiger partial charge in [-0.25, -0.2) is 4.39 Å². The largest absolute Gasteiger partial charge is 0.377 e. The van der Waals surface area contributed by atoms with Crippen molar-refractivity contribution in [1.29, 1.82) is 0 Å². The molecule has 1 aromatic carbocycles. The minimum absolute atomic E-state index is 0.118. The molecule has 0 unspecified atom stereocenters. The number of ether oxygens (including phenoxy) is 1. The molecule has 1 amide bonds. The van der Waals surface area contributed by atoms with E-state index in [0.717, 1.165) is 38.1 Å². The fraction of sp³-hybridized carbons (Fsp3) is 0.471. The minimum Gasteiger partial charge on any atom is -0.377 e. The van der Waals surface area contributed by atoms with Crippen molar-refractivity contribution in [3.05, 3.63) is 48.3 Å². The third kappa shape index (κ3) is 4.97. The molecule has 0 atom stereocenters. The van der Waals surface area contributed by atoms with Gasteiger partial charge in [0.25, 0.3) is 0 Å². The summed E-state index contributed by atoms with van der Waals surface area (Å²) in [5.74, 6) is 0.374. The maximum Gasteiger partial charge on any atom is 0.226 e. The first-order valence-corrected chi connectivity index (χ1v) is 7.40. The molecular formula is C17H22FNO2. The Morgan fingerprint density at radius 3 is 2.62 bits per heavy atom. The first kappa shape index (κ1) is 15.7. The molecule has 2 rings (SSSR count). The Balaban J connectivity index is 1.75. The number of nitrogens with zero attached hydrogens (tertiary/aromatic N) is 1. The Morgan fingerprint density at radius 2 is 2.00 bits per heavy atom. The van der Waals surface area contributed by atoms with Gasteiger partial charge in [-0.3, -0.25) is 4.79 Å². The second-order valence-electron chi connectivity index (χ2n) is 5.45. The van der Waals surface area contributed by atoms with E-state index in [0.29, 0.717) is 18.9 Å². The molecule has 0 spiro atoms. The Kier molecular flexibility index (Phi) is 5.93. The number of hydrogen-bond acceptors (Lipinski definition) is 2. The van der Waals surface area contributed by atoms with Crippen molar-refractivity contribution in [2.75, 3.05) is 26.3 Å². The molecular weight excluding hydrogens is 269 g/mol. The topological polar surface area (TPSA) is 29.5 Å². The molecule has 3 nitrogen and oxygen atoms in total. The summed E-state index contributed by atoms with van der Waals surface area (Å²) >= 11 is 0. The van der Waals surface area contributed by atoms with Crippen LogP contribution in [0.5, 0.6) is 0 Å². The molecule has 0 aromatic heterocycles. The van der Waals surface area contributed by atoms with Gasteiger partial charge in [-0.1, -0.05) is 18.2 Å². The standard InChI is InChI=1S/C17H22FNO2/c1-2-11-21-13-15-7-9-19(10-8-15)17(20)12-14-3-5-16(18)6-4-14/h2-6,15H,1,7-13H2.